The smallest absolute Gasteiger partial charge is 0.336 e. The fourth-order valence-electron chi connectivity index (χ4n) is 2.41. The summed E-state index contributed by atoms with van der Waals surface area (Å²) in [4.78, 5) is 23.5. The van der Waals surface area contributed by atoms with Gasteiger partial charge in [0.25, 0.3) is 5.56 Å². The van der Waals surface area contributed by atoms with Crippen LogP contribution in [0.3, 0.4) is 0 Å². The highest BCUT2D eigenvalue weighted by Crippen LogP contribution is 2.17. The first kappa shape index (κ1) is 13.1. The average molecular weight is 283 g/mol. The Bertz CT molecular complexity index is 893. The first-order valence-corrected chi connectivity index (χ1v) is 6.39. The lowest BCUT2D eigenvalue weighted by molar-refractivity contribution is 0.0698. The minimum absolute atomic E-state index is 0.0260. The van der Waals surface area contributed by atoms with Gasteiger partial charge in [0.15, 0.2) is 0 Å². The van der Waals surface area contributed by atoms with Crippen LogP contribution in [0.15, 0.2) is 47.5 Å². The Balaban J connectivity index is 2.23. The number of carboxylic acid groups (broad SMARTS) is 1. The van der Waals surface area contributed by atoms with Crippen LogP contribution in [0.4, 0.5) is 0 Å². The van der Waals surface area contributed by atoms with E-state index >= 15 is 0 Å². The zero-order valence-electron chi connectivity index (χ0n) is 11.4. The largest absolute Gasteiger partial charge is 0.478 e. The van der Waals surface area contributed by atoms with Crippen LogP contribution in [0.1, 0.15) is 15.9 Å². The first-order chi connectivity index (χ1) is 10.1. The summed E-state index contributed by atoms with van der Waals surface area (Å²) in [6.45, 7) is 0.354. The molecule has 0 amide bonds. The predicted molar refractivity (Wildman–Crippen MR) is 77.5 cm³/mol. The molecule has 0 atom stereocenters. The number of fused-ring (bicyclic) bond motifs is 1. The molecular weight excluding hydrogens is 270 g/mol. The third kappa shape index (κ3) is 2.31. The highest BCUT2D eigenvalue weighted by molar-refractivity contribution is 6.02. The Morgan fingerprint density at radius 1 is 1.33 bits per heavy atom. The molecule has 0 aliphatic rings. The van der Waals surface area contributed by atoms with Crippen LogP contribution in [-0.4, -0.2) is 25.4 Å². The molecule has 21 heavy (non-hydrogen) atoms. The Hall–Kier alpha value is -2.89. The summed E-state index contributed by atoms with van der Waals surface area (Å²) in [7, 11) is 1.80. The van der Waals surface area contributed by atoms with Gasteiger partial charge in [-0.15, -0.1) is 0 Å². The Kier molecular flexibility index (Phi) is 3.06. The van der Waals surface area contributed by atoms with Crippen molar-refractivity contribution in [1.82, 2.24) is 14.3 Å². The summed E-state index contributed by atoms with van der Waals surface area (Å²) in [5.74, 6) is -1.10. The van der Waals surface area contributed by atoms with Gasteiger partial charge < -0.3 is 9.67 Å². The highest BCUT2D eigenvalue weighted by Gasteiger charge is 2.13. The molecule has 0 bridgehead atoms. The van der Waals surface area contributed by atoms with E-state index in [1.807, 2.05) is 6.20 Å². The molecule has 0 fully saturated rings. The van der Waals surface area contributed by atoms with E-state index in [9.17, 15) is 14.7 Å². The second kappa shape index (κ2) is 4.90. The van der Waals surface area contributed by atoms with Gasteiger partial charge in [-0.05, 0) is 6.07 Å². The van der Waals surface area contributed by atoms with Gasteiger partial charge in [0, 0.05) is 30.3 Å². The standard InChI is InChI=1S/C15H13N3O3/c1-17-8-10(7-16-17)9-18-13-5-3-2-4-11(13)12(15(20)21)6-14(18)19/h2-8H,9H2,1H3,(H,20,21). The van der Waals surface area contributed by atoms with Crippen LogP contribution >= 0.6 is 0 Å². The molecule has 3 aromatic rings. The summed E-state index contributed by atoms with van der Waals surface area (Å²) in [6.07, 6.45) is 3.51. The van der Waals surface area contributed by atoms with E-state index in [1.165, 1.54) is 6.07 Å². The number of hydrogen-bond acceptors (Lipinski definition) is 3. The lowest BCUT2D eigenvalue weighted by Crippen LogP contribution is -2.22. The number of nitrogens with zero attached hydrogens (tertiary/aromatic N) is 3. The molecule has 0 unspecified atom stereocenters. The zero-order valence-corrected chi connectivity index (χ0v) is 11.4. The van der Waals surface area contributed by atoms with Crippen LogP contribution in [0.25, 0.3) is 10.9 Å². The van der Waals surface area contributed by atoms with Crippen LogP contribution in [-0.2, 0) is 13.6 Å². The maximum atomic E-state index is 12.2. The highest BCUT2D eigenvalue weighted by atomic mass is 16.4. The molecule has 2 aromatic heterocycles. The average Bonchev–Trinajstić information content (AvgIpc) is 2.87. The van der Waals surface area contributed by atoms with Gasteiger partial charge in [-0.25, -0.2) is 4.79 Å². The summed E-state index contributed by atoms with van der Waals surface area (Å²) in [5, 5.41) is 13.9. The number of para-hydroxylation sites is 1. The van der Waals surface area contributed by atoms with Crippen molar-refractivity contribution in [3.63, 3.8) is 0 Å². The topological polar surface area (TPSA) is 77.1 Å². The van der Waals surface area contributed by atoms with E-state index in [0.717, 1.165) is 5.56 Å². The Labute approximate surface area is 119 Å². The molecule has 1 N–H and O–H groups in total. The van der Waals surface area contributed by atoms with E-state index in [1.54, 1.807) is 46.8 Å². The molecule has 6 heteroatoms. The zero-order chi connectivity index (χ0) is 15.0. The van der Waals surface area contributed by atoms with Crippen molar-refractivity contribution in [1.29, 1.82) is 0 Å². The van der Waals surface area contributed by atoms with E-state index in [2.05, 4.69) is 5.10 Å². The number of carboxylic acids is 1. The van der Waals surface area contributed by atoms with Gasteiger partial charge in [-0.2, -0.15) is 5.10 Å². The number of pyridine rings is 1. The number of aryl methyl sites for hydroxylation is 1. The molecule has 106 valence electrons. The van der Waals surface area contributed by atoms with Gasteiger partial charge in [-0.3, -0.25) is 9.48 Å². The molecule has 2 heterocycles. The van der Waals surface area contributed by atoms with Crippen molar-refractivity contribution in [2.24, 2.45) is 7.05 Å². The normalized spacial score (nSPS) is 10.9. The van der Waals surface area contributed by atoms with E-state index in [0.29, 0.717) is 17.4 Å². The lowest BCUT2D eigenvalue weighted by atomic mass is 10.1. The van der Waals surface area contributed by atoms with E-state index < -0.39 is 5.97 Å². The minimum atomic E-state index is -1.10. The van der Waals surface area contributed by atoms with Crippen molar-refractivity contribution in [2.75, 3.05) is 0 Å². The van der Waals surface area contributed by atoms with Crippen LogP contribution < -0.4 is 5.56 Å². The fraction of sp³-hybridized carbons (Fsp3) is 0.133. The van der Waals surface area contributed by atoms with Crippen molar-refractivity contribution in [3.05, 3.63) is 64.2 Å². The molecule has 0 aliphatic heterocycles. The molecule has 0 saturated carbocycles. The summed E-state index contributed by atoms with van der Waals surface area (Å²) in [5.41, 5.74) is 1.17. The Morgan fingerprint density at radius 3 is 2.76 bits per heavy atom. The molecule has 0 radical (unpaired) electrons. The molecule has 0 saturated heterocycles. The molecule has 3 rings (SSSR count). The first-order valence-electron chi connectivity index (χ1n) is 6.39. The van der Waals surface area contributed by atoms with Gasteiger partial charge in [0.1, 0.15) is 0 Å². The number of rotatable bonds is 3. The number of benzene rings is 1. The van der Waals surface area contributed by atoms with E-state index in [-0.39, 0.29) is 11.1 Å². The molecule has 6 nitrogen and oxygen atoms in total. The monoisotopic (exact) mass is 283 g/mol. The summed E-state index contributed by atoms with van der Waals surface area (Å²) < 4.78 is 3.22. The maximum Gasteiger partial charge on any atom is 0.336 e. The maximum absolute atomic E-state index is 12.2. The van der Waals surface area contributed by atoms with E-state index in [4.69, 9.17) is 0 Å². The summed E-state index contributed by atoms with van der Waals surface area (Å²) >= 11 is 0. The minimum Gasteiger partial charge on any atom is -0.478 e. The van der Waals surface area contributed by atoms with Crippen LogP contribution in [0.2, 0.25) is 0 Å². The van der Waals surface area contributed by atoms with Gasteiger partial charge in [-0.1, -0.05) is 18.2 Å². The molecular formula is C15H13N3O3. The van der Waals surface area contributed by atoms with Gasteiger partial charge in [0.2, 0.25) is 0 Å². The third-order valence-electron chi connectivity index (χ3n) is 3.35. The number of aromatic carboxylic acids is 1. The van der Waals surface area contributed by atoms with Crippen molar-refractivity contribution in [3.8, 4) is 0 Å². The van der Waals surface area contributed by atoms with Crippen molar-refractivity contribution in [2.45, 2.75) is 6.54 Å². The fourth-order valence-corrected chi connectivity index (χ4v) is 2.41. The van der Waals surface area contributed by atoms with Crippen LogP contribution in [0, 0.1) is 0 Å². The quantitative estimate of drug-likeness (QED) is 0.790. The number of carbonyl (C=O) groups is 1. The van der Waals surface area contributed by atoms with Gasteiger partial charge >= 0.3 is 5.97 Å². The predicted octanol–water partition coefficient (Wildman–Crippen LogP) is 1.48. The SMILES string of the molecule is Cn1cc(Cn2c(=O)cc(C(=O)O)c3ccccc32)cn1. The second-order valence-electron chi connectivity index (χ2n) is 4.83. The third-order valence-corrected chi connectivity index (χ3v) is 3.35. The molecule has 1 aromatic carbocycles. The second-order valence-corrected chi connectivity index (χ2v) is 4.83. The van der Waals surface area contributed by atoms with Gasteiger partial charge in [0.05, 0.1) is 23.8 Å². The number of aromatic nitrogens is 3. The Morgan fingerprint density at radius 2 is 2.10 bits per heavy atom. The number of hydrogen-bond donors (Lipinski definition) is 1. The van der Waals surface area contributed by atoms with Crippen molar-refractivity contribution >= 4 is 16.9 Å². The van der Waals surface area contributed by atoms with Crippen LogP contribution in [0.5, 0.6) is 0 Å². The lowest BCUT2D eigenvalue weighted by Gasteiger charge is -2.10. The summed E-state index contributed by atoms with van der Waals surface area (Å²) in [6, 6.07) is 8.17. The molecule has 0 spiro atoms. The van der Waals surface area contributed by atoms with Crippen molar-refractivity contribution < 1.29 is 9.90 Å². The molecule has 0 aliphatic carbocycles.